The van der Waals surface area contributed by atoms with E-state index in [1.165, 1.54) is 0 Å². The van der Waals surface area contributed by atoms with Crippen LogP contribution in [0.5, 0.6) is 0 Å². The average molecular weight is 315 g/mol. The van der Waals surface area contributed by atoms with Crippen LogP contribution in [0.1, 0.15) is 49.0 Å². The van der Waals surface area contributed by atoms with Crippen molar-refractivity contribution in [2.24, 2.45) is 0 Å². The van der Waals surface area contributed by atoms with E-state index >= 15 is 0 Å². The minimum atomic E-state index is -0.155. The van der Waals surface area contributed by atoms with Crippen molar-refractivity contribution in [2.45, 2.75) is 51.7 Å². The summed E-state index contributed by atoms with van der Waals surface area (Å²) < 4.78 is 0. The van der Waals surface area contributed by atoms with E-state index in [-0.39, 0.29) is 24.0 Å². The fourth-order valence-electron chi connectivity index (χ4n) is 2.34. The molecule has 5 heteroatoms. The van der Waals surface area contributed by atoms with E-state index in [4.69, 9.17) is 0 Å². The number of amides is 3. The van der Waals surface area contributed by atoms with Gasteiger partial charge < -0.3 is 16.0 Å². The number of urea groups is 1. The highest BCUT2D eigenvalue weighted by atomic mass is 16.2. The lowest BCUT2D eigenvalue weighted by Gasteiger charge is -2.13. The molecule has 0 fully saturated rings. The fraction of sp³-hybridized carbons (Fsp3) is 0.444. The Hall–Kier alpha value is -2.30. The number of rotatable bonds is 6. The molecule has 1 aromatic carbocycles. The zero-order valence-electron chi connectivity index (χ0n) is 13.8. The summed E-state index contributed by atoms with van der Waals surface area (Å²) in [5, 5.41) is 8.70. The van der Waals surface area contributed by atoms with Gasteiger partial charge in [-0.05, 0) is 43.9 Å². The molecule has 1 aliphatic carbocycles. The van der Waals surface area contributed by atoms with Gasteiger partial charge in [-0.1, -0.05) is 31.2 Å². The molecular formula is C18H25N3O2. The average Bonchev–Trinajstić information content (AvgIpc) is 3.06. The number of carbonyl (C=O) groups excluding carboxylic acids is 2. The van der Waals surface area contributed by atoms with Crippen LogP contribution in [-0.2, 0) is 6.54 Å². The molecule has 0 saturated heterocycles. The molecule has 1 atom stereocenters. The molecule has 0 unspecified atom stereocenters. The molecule has 0 aliphatic heterocycles. The Labute approximate surface area is 137 Å². The molecule has 3 amide bonds. The first-order valence-electron chi connectivity index (χ1n) is 8.17. The Morgan fingerprint density at radius 1 is 1.17 bits per heavy atom. The van der Waals surface area contributed by atoms with Gasteiger partial charge in [0.2, 0.25) is 0 Å². The summed E-state index contributed by atoms with van der Waals surface area (Å²) in [6.07, 6.45) is 6.85. The van der Waals surface area contributed by atoms with Crippen molar-refractivity contribution in [1.82, 2.24) is 16.0 Å². The van der Waals surface area contributed by atoms with Crippen molar-refractivity contribution >= 4 is 11.9 Å². The van der Waals surface area contributed by atoms with Crippen molar-refractivity contribution in [3.8, 4) is 0 Å². The molecule has 0 heterocycles. The largest absolute Gasteiger partial charge is 0.350 e. The van der Waals surface area contributed by atoms with Gasteiger partial charge >= 0.3 is 6.03 Å². The highest BCUT2D eigenvalue weighted by Gasteiger charge is 2.13. The fourth-order valence-corrected chi connectivity index (χ4v) is 2.34. The van der Waals surface area contributed by atoms with E-state index in [0.717, 1.165) is 24.8 Å². The van der Waals surface area contributed by atoms with Gasteiger partial charge in [0.1, 0.15) is 0 Å². The van der Waals surface area contributed by atoms with Crippen molar-refractivity contribution in [3.05, 3.63) is 47.5 Å². The highest BCUT2D eigenvalue weighted by Crippen LogP contribution is 2.09. The zero-order valence-corrected chi connectivity index (χ0v) is 13.8. The SMILES string of the molecule is CC[C@H](C)NC(=O)c1ccc(CNC(=O)NC2CC=CC2)cc1. The second kappa shape index (κ2) is 8.36. The lowest BCUT2D eigenvalue weighted by Crippen LogP contribution is -2.40. The minimum absolute atomic E-state index is 0.0645. The first-order chi connectivity index (χ1) is 11.1. The van der Waals surface area contributed by atoms with Crippen LogP contribution in [0.15, 0.2) is 36.4 Å². The summed E-state index contributed by atoms with van der Waals surface area (Å²) in [4.78, 5) is 23.8. The Balaban J connectivity index is 1.78. The third kappa shape index (κ3) is 5.43. The van der Waals surface area contributed by atoms with Gasteiger partial charge in [-0.25, -0.2) is 4.79 Å². The predicted molar refractivity (Wildman–Crippen MR) is 91.2 cm³/mol. The maximum atomic E-state index is 12.0. The van der Waals surface area contributed by atoms with Crippen LogP contribution in [-0.4, -0.2) is 24.0 Å². The molecule has 0 bridgehead atoms. The molecule has 0 spiro atoms. The van der Waals surface area contributed by atoms with Gasteiger partial charge in [-0.2, -0.15) is 0 Å². The highest BCUT2D eigenvalue weighted by molar-refractivity contribution is 5.94. The maximum Gasteiger partial charge on any atom is 0.315 e. The molecule has 124 valence electrons. The van der Waals surface area contributed by atoms with Crippen molar-refractivity contribution in [1.29, 1.82) is 0 Å². The number of carbonyl (C=O) groups is 2. The Morgan fingerprint density at radius 3 is 2.43 bits per heavy atom. The third-order valence-electron chi connectivity index (χ3n) is 4.00. The van der Waals surface area contributed by atoms with E-state index in [2.05, 4.69) is 28.1 Å². The Kier molecular flexibility index (Phi) is 6.20. The van der Waals surface area contributed by atoms with Gasteiger partial charge in [-0.3, -0.25) is 4.79 Å². The normalized spacial score (nSPS) is 15.2. The maximum absolute atomic E-state index is 12.0. The van der Waals surface area contributed by atoms with Crippen LogP contribution < -0.4 is 16.0 Å². The molecule has 23 heavy (non-hydrogen) atoms. The second-order valence-corrected chi connectivity index (χ2v) is 5.95. The van der Waals surface area contributed by atoms with Gasteiger partial charge in [0, 0.05) is 24.2 Å². The summed E-state index contributed by atoms with van der Waals surface area (Å²) in [5.74, 6) is -0.0645. The molecule has 2 rings (SSSR count). The smallest absolute Gasteiger partial charge is 0.315 e. The summed E-state index contributed by atoms with van der Waals surface area (Å²) >= 11 is 0. The van der Waals surface area contributed by atoms with E-state index in [1.807, 2.05) is 26.0 Å². The first kappa shape index (κ1) is 17.1. The van der Waals surface area contributed by atoms with Gasteiger partial charge in [0.05, 0.1) is 0 Å². The van der Waals surface area contributed by atoms with Crippen LogP contribution in [0, 0.1) is 0 Å². The Morgan fingerprint density at radius 2 is 1.83 bits per heavy atom. The van der Waals surface area contributed by atoms with Crippen molar-refractivity contribution in [2.75, 3.05) is 0 Å². The summed E-state index contributed by atoms with van der Waals surface area (Å²) in [6.45, 7) is 4.46. The summed E-state index contributed by atoms with van der Waals surface area (Å²) in [6, 6.07) is 7.52. The van der Waals surface area contributed by atoms with Crippen LogP contribution >= 0.6 is 0 Å². The van der Waals surface area contributed by atoms with Gasteiger partial charge in [0.25, 0.3) is 5.91 Å². The zero-order chi connectivity index (χ0) is 16.7. The molecule has 3 N–H and O–H groups in total. The molecule has 0 radical (unpaired) electrons. The number of nitrogens with one attached hydrogen (secondary N) is 3. The molecule has 1 aromatic rings. The van der Waals surface area contributed by atoms with E-state index in [0.29, 0.717) is 12.1 Å². The molecule has 0 saturated carbocycles. The topological polar surface area (TPSA) is 70.2 Å². The predicted octanol–water partition coefficient (Wildman–Crippen LogP) is 2.73. The van der Waals surface area contributed by atoms with E-state index in [1.54, 1.807) is 12.1 Å². The quantitative estimate of drug-likeness (QED) is 0.706. The number of hydrogen-bond donors (Lipinski definition) is 3. The monoisotopic (exact) mass is 315 g/mol. The molecule has 0 aromatic heterocycles. The van der Waals surface area contributed by atoms with Gasteiger partial charge in [-0.15, -0.1) is 0 Å². The van der Waals surface area contributed by atoms with E-state index in [9.17, 15) is 9.59 Å². The Bertz CT molecular complexity index is 558. The van der Waals surface area contributed by atoms with Crippen molar-refractivity contribution in [3.63, 3.8) is 0 Å². The number of benzene rings is 1. The minimum Gasteiger partial charge on any atom is -0.350 e. The van der Waals surface area contributed by atoms with Crippen LogP contribution in [0.4, 0.5) is 4.79 Å². The van der Waals surface area contributed by atoms with Crippen LogP contribution in [0.25, 0.3) is 0 Å². The number of hydrogen-bond acceptors (Lipinski definition) is 2. The second-order valence-electron chi connectivity index (χ2n) is 5.95. The first-order valence-corrected chi connectivity index (χ1v) is 8.17. The lowest BCUT2D eigenvalue weighted by molar-refractivity contribution is 0.0939. The standard InChI is InChI=1S/C18H25N3O2/c1-3-13(2)20-17(22)15-10-8-14(9-11-15)12-19-18(23)21-16-6-4-5-7-16/h4-5,8-11,13,16H,3,6-7,12H2,1-2H3,(H,20,22)(H2,19,21,23)/t13-/m0/s1. The van der Waals surface area contributed by atoms with Crippen LogP contribution in [0.2, 0.25) is 0 Å². The molecule has 1 aliphatic rings. The molecular weight excluding hydrogens is 290 g/mol. The summed E-state index contributed by atoms with van der Waals surface area (Å²) in [7, 11) is 0. The summed E-state index contributed by atoms with van der Waals surface area (Å²) in [5.41, 5.74) is 1.60. The third-order valence-corrected chi connectivity index (χ3v) is 4.00. The van der Waals surface area contributed by atoms with Crippen molar-refractivity contribution < 1.29 is 9.59 Å². The van der Waals surface area contributed by atoms with Gasteiger partial charge in [0.15, 0.2) is 0 Å². The van der Waals surface area contributed by atoms with E-state index < -0.39 is 0 Å². The van der Waals surface area contributed by atoms with Crippen LogP contribution in [0.3, 0.4) is 0 Å². The lowest BCUT2D eigenvalue weighted by atomic mass is 10.1. The molecule has 5 nitrogen and oxygen atoms in total.